The van der Waals surface area contributed by atoms with Gasteiger partial charge in [0.2, 0.25) is 0 Å². The molecule has 3 aromatic rings. The van der Waals surface area contributed by atoms with Crippen LogP contribution in [0.2, 0.25) is 0 Å². The van der Waals surface area contributed by atoms with Crippen LogP contribution in [0.25, 0.3) is 0 Å². The average Bonchev–Trinajstić information content (AvgIpc) is 3.35. The van der Waals surface area contributed by atoms with E-state index in [9.17, 15) is 9.59 Å². The zero-order chi connectivity index (χ0) is 18.6. The summed E-state index contributed by atoms with van der Waals surface area (Å²) in [6.45, 7) is 1.80. The van der Waals surface area contributed by atoms with Crippen LogP contribution in [0.15, 0.2) is 71.5 Å². The van der Waals surface area contributed by atoms with E-state index in [4.69, 9.17) is 4.42 Å². The third-order valence-corrected chi connectivity index (χ3v) is 4.34. The standard InChI is InChI=1S/C20H18N4O3/c25-19(17-7-4-12-27-17)22-16-8-9-18(21-13-16)24-11-10-23(20(24)26)14-15-5-2-1-3-6-15/h1-9,12-13H,10-11,14H2,(H,22,25). The Hall–Kier alpha value is -3.61. The minimum atomic E-state index is -0.346. The quantitative estimate of drug-likeness (QED) is 0.755. The Kier molecular flexibility index (Phi) is 4.57. The van der Waals surface area contributed by atoms with Crippen LogP contribution >= 0.6 is 0 Å². The van der Waals surface area contributed by atoms with Crippen LogP contribution in [0, 0.1) is 0 Å². The molecule has 1 fully saturated rings. The number of anilines is 2. The minimum absolute atomic E-state index is 0.0706. The molecule has 3 amide bonds. The van der Waals surface area contributed by atoms with E-state index in [0.29, 0.717) is 31.1 Å². The molecule has 0 saturated carbocycles. The first-order chi connectivity index (χ1) is 13.2. The van der Waals surface area contributed by atoms with Gasteiger partial charge in [-0.15, -0.1) is 0 Å². The molecule has 7 nitrogen and oxygen atoms in total. The molecule has 4 rings (SSSR count). The van der Waals surface area contributed by atoms with E-state index in [0.717, 1.165) is 5.56 Å². The van der Waals surface area contributed by atoms with Crippen molar-refractivity contribution in [3.8, 4) is 0 Å². The lowest BCUT2D eigenvalue weighted by Crippen LogP contribution is -2.31. The smallest absolute Gasteiger partial charge is 0.326 e. The Morgan fingerprint density at radius 2 is 1.93 bits per heavy atom. The average molecular weight is 362 g/mol. The molecular formula is C20H18N4O3. The molecule has 136 valence electrons. The molecule has 0 unspecified atom stereocenters. The number of furan rings is 1. The third kappa shape index (κ3) is 3.67. The number of amides is 3. The molecule has 0 radical (unpaired) electrons. The largest absolute Gasteiger partial charge is 0.459 e. The number of nitrogens with one attached hydrogen (secondary N) is 1. The first-order valence-electron chi connectivity index (χ1n) is 8.62. The van der Waals surface area contributed by atoms with Crippen molar-refractivity contribution < 1.29 is 14.0 Å². The van der Waals surface area contributed by atoms with Gasteiger partial charge in [-0.2, -0.15) is 0 Å². The monoisotopic (exact) mass is 362 g/mol. The Morgan fingerprint density at radius 1 is 1.07 bits per heavy atom. The summed E-state index contributed by atoms with van der Waals surface area (Å²) in [5, 5.41) is 2.71. The summed E-state index contributed by atoms with van der Waals surface area (Å²) in [5.74, 6) is 0.442. The van der Waals surface area contributed by atoms with E-state index in [1.807, 2.05) is 30.3 Å². The number of rotatable bonds is 5. The predicted octanol–water partition coefficient (Wildman–Crippen LogP) is 3.37. The van der Waals surface area contributed by atoms with Gasteiger partial charge in [-0.1, -0.05) is 30.3 Å². The van der Waals surface area contributed by atoms with Crippen LogP contribution in [0.4, 0.5) is 16.3 Å². The summed E-state index contributed by atoms with van der Waals surface area (Å²) in [4.78, 5) is 32.4. The van der Waals surface area contributed by atoms with Gasteiger partial charge in [0.05, 0.1) is 18.1 Å². The number of hydrogen-bond donors (Lipinski definition) is 1. The highest BCUT2D eigenvalue weighted by Crippen LogP contribution is 2.21. The molecule has 7 heteroatoms. The van der Waals surface area contributed by atoms with Crippen LogP contribution in [0.3, 0.4) is 0 Å². The second-order valence-electron chi connectivity index (χ2n) is 6.18. The second kappa shape index (κ2) is 7.33. The molecule has 1 aliphatic heterocycles. The van der Waals surface area contributed by atoms with Crippen molar-refractivity contribution >= 4 is 23.4 Å². The molecule has 0 bridgehead atoms. The lowest BCUT2D eigenvalue weighted by Gasteiger charge is -2.18. The first kappa shape index (κ1) is 16.8. The third-order valence-electron chi connectivity index (χ3n) is 4.34. The van der Waals surface area contributed by atoms with Gasteiger partial charge in [-0.25, -0.2) is 9.78 Å². The van der Waals surface area contributed by atoms with Crippen molar-refractivity contribution in [3.05, 3.63) is 78.4 Å². The van der Waals surface area contributed by atoms with Gasteiger partial charge in [0.15, 0.2) is 5.76 Å². The van der Waals surface area contributed by atoms with E-state index in [-0.39, 0.29) is 17.7 Å². The maximum Gasteiger partial charge on any atom is 0.326 e. The maximum atomic E-state index is 12.7. The van der Waals surface area contributed by atoms with E-state index in [2.05, 4.69) is 10.3 Å². The lowest BCUT2D eigenvalue weighted by molar-refractivity contribution is 0.0996. The SMILES string of the molecule is O=C(Nc1ccc(N2CCN(Cc3ccccc3)C2=O)nc1)c1ccco1. The van der Waals surface area contributed by atoms with Gasteiger partial charge < -0.3 is 14.6 Å². The topological polar surface area (TPSA) is 78.7 Å². The van der Waals surface area contributed by atoms with E-state index in [1.54, 1.807) is 34.1 Å². The number of urea groups is 1. The van der Waals surface area contributed by atoms with Crippen LogP contribution in [0.1, 0.15) is 16.1 Å². The first-order valence-corrected chi connectivity index (χ1v) is 8.62. The fourth-order valence-electron chi connectivity index (χ4n) is 2.97. The van der Waals surface area contributed by atoms with Crippen molar-refractivity contribution in [2.24, 2.45) is 0 Å². The van der Waals surface area contributed by atoms with Crippen molar-refractivity contribution in [3.63, 3.8) is 0 Å². The molecule has 1 aromatic carbocycles. The normalized spacial score (nSPS) is 13.9. The highest BCUT2D eigenvalue weighted by molar-refractivity contribution is 6.02. The molecule has 1 saturated heterocycles. The summed E-state index contributed by atoms with van der Waals surface area (Å²) in [6.07, 6.45) is 2.97. The highest BCUT2D eigenvalue weighted by Gasteiger charge is 2.30. The van der Waals surface area contributed by atoms with Gasteiger partial charge in [0.25, 0.3) is 5.91 Å². The zero-order valence-corrected chi connectivity index (χ0v) is 14.5. The molecule has 3 heterocycles. The molecule has 1 N–H and O–H groups in total. The summed E-state index contributed by atoms with van der Waals surface area (Å²) in [7, 11) is 0. The number of aromatic nitrogens is 1. The lowest BCUT2D eigenvalue weighted by atomic mass is 10.2. The molecule has 27 heavy (non-hydrogen) atoms. The summed E-state index contributed by atoms with van der Waals surface area (Å²) < 4.78 is 5.06. The van der Waals surface area contributed by atoms with E-state index >= 15 is 0 Å². The molecule has 0 aliphatic carbocycles. The van der Waals surface area contributed by atoms with Crippen LogP contribution in [-0.4, -0.2) is 34.9 Å². The maximum absolute atomic E-state index is 12.7. The summed E-state index contributed by atoms with van der Waals surface area (Å²) >= 11 is 0. The van der Waals surface area contributed by atoms with Crippen molar-refractivity contribution in [2.75, 3.05) is 23.3 Å². The summed E-state index contributed by atoms with van der Waals surface area (Å²) in [5.41, 5.74) is 1.63. The molecule has 0 spiro atoms. The van der Waals surface area contributed by atoms with Crippen LogP contribution in [0.5, 0.6) is 0 Å². The van der Waals surface area contributed by atoms with Gasteiger partial charge in [0.1, 0.15) is 5.82 Å². The fourth-order valence-corrected chi connectivity index (χ4v) is 2.97. The van der Waals surface area contributed by atoms with Crippen molar-refractivity contribution in [1.82, 2.24) is 9.88 Å². The number of nitrogens with zero attached hydrogens (tertiary/aromatic N) is 3. The van der Waals surface area contributed by atoms with Crippen molar-refractivity contribution in [2.45, 2.75) is 6.54 Å². The molecule has 0 atom stereocenters. The minimum Gasteiger partial charge on any atom is -0.459 e. The fraction of sp³-hybridized carbons (Fsp3) is 0.150. The number of carbonyl (C=O) groups excluding carboxylic acids is 2. The predicted molar refractivity (Wildman–Crippen MR) is 100 cm³/mol. The number of hydrogen-bond acceptors (Lipinski definition) is 4. The van der Waals surface area contributed by atoms with Gasteiger partial charge in [-0.05, 0) is 29.8 Å². The Labute approximate surface area is 156 Å². The van der Waals surface area contributed by atoms with Gasteiger partial charge in [0, 0.05) is 19.6 Å². The molecule has 2 aromatic heterocycles. The number of carbonyl (C=O) groups is 2. The Morgan fingerprint density at radius 3 is 2.63 bits per heavy atom. The Bertz CT molecular complexity index is 924. The molecule has 1 aliphatic rings. The zero-order valence-electron chi connectivity index (χ0n) is 14.5. The molecular weight excluding hydrogens is 344 g/mol. The van der Waals surface area contributed by atoms with Crippen LogP contribution in [-0.2, 0) is 6.54 Å². The highest BCUT2D eigenvalue weighted by atomic mass is 16.3. The van der Waals surface area contributed by atoms with Crippen LogP contribution < -0.4 is 10.2 Å². The number of pyridine rings is 1. The van der Waals surface area contributed by atoms with Gasteiger partial charge in [-0.3, -0.25) is 9.69 Å². The second-order valence-corrected chi connectivity index (χ2v) is 6.18. The van der Waals surface area contributed by atoms with E-state index in [1.165, 1.54) is 12.5 Å². The Balaban J connectivity index is 1.40. The summed E-state index contributed by atoms with van der Waals surface area (Å²) in [6, 6.07) is 16.5. The number of benzene rings is 1. The van der Waals surface area contributed by atoms with E-state index < -0.39 is 0 Å². The van der Waals surface area contributed by atoms with Gasteiger partial charge >= 0.3 is 6.03 Å². The van der Waals surface area contributed by atoms with Crippen molar-refractivity contribution in [1.29, 1.82) is 0 Å².